The quantitative estimate of drug-likeness (QED) is 0.0355. The van der Waals surface area contributed by atoms with Crippen LogP contribution in [-0.4, -0.2) is 42.1 Å². The van der Waals surface area contributed by atoms with Gasteiger partial charge in [0.05, 0.1) is 0 Å². The highest BCUT2D eigenvalue weighted by atomic mass is 127. The third kappa shape index (κ3) is 22.2. The number of unbranched alkanes of at least 4 members (excludes halogenated alkanes) is 2. The number of hydrogen-bond donors (Lipinski definition) is 1. The first-order valence-corrected chi connectivity index (χ1v) is 44.3. The number of benzene rings is 8. The Kier molecular flexibility index (Phi) is 31.3. The van der Waals surface area contributed by atoms with Gasteiger partial charge in [-0.2, -0.15) is 0 Å². The summed E-state index contributed by atoms with van der Waals surface area (Å²) in [7, 11) is -2.57. The van der Waals surface area contributed by atoms with Gasteiger partial charge in [-0.15, -0.1) is 0 Å². The van der Waals surface area contributed by atoms with Crippen LogP contribution in [0.2, 0.25) is 0 Å². The fourth-order valence-corrected chi connectivity index (χ4v) is 27.1. The smallest absolute Gasteiger partial charge is 0.132 e. The molecule has 0 saturated carbocycles. The molecule has 0 aliphatic carbocycles. The third-order valence-corrected chi connectivity index (χ3v) is 33.4. The zero-order valence-corrected chi connectivity index (χ0v) is 67.8. The molecule has 2 saturated heterocycles. The minimum Gasteiger partial charge on any atom is -0.304 e. The third-order valence-electron chi connectivity index (χ3n) is 19.0. The normalized spacial score (nSPS) is 17.6. The molecular weight excluding hydrogens is 1400 g/mol. The summed E-state index contributed by atoms with van der Waals surface area (Å²) < 4.78 is 61.4. The van der Waals surface area contributed by atoms with Crippen molar-refractivity contribution in [2.24, 2.45) is 0 Å². The van der Waals surface area contributed by atoms with Gasteiger partial charge in [0.1, 0.15) is 23.3 Å². The van der Waals surface area contributed by atoms with Crippen LogP contribution in [0.5, 0.6) is 0 Å². The molecule has 2 aliphatic rings. The van der Waals surface area contributed by atoms with Crippen LogP contribution in [0.3, 0.4) is 0 Å². The Morgan fingerprint density at radius 2 is 0.663 bits per heavy atom. The first-order chi connectivity index (χ1) is 46.5. The Labute approximate surface area is 608 Å². The van der Waals surface area contributed by atoms with Gasteiger partial charge < -0.3 is 4.90 Å². The van der Waals surface area contributed by atoms with Crippen molar-refractivity contribution in [3.8, 4) is 0 Å². The Morgan fingerprint density at radius 3 is 0.929 bits per heavy atom. The van der Waals surface area contributed by atoms with E-state index in [9.17, 15) is 8.78 Å². The zero-order valence-electron chi connectivity index (χ0n) is 62.1. The molecule has 0 bridgehead atoms. The largest absolute Gasteiger partial charge is 0.304 e. The van der Waals surface area contributed by atoms with Crippen molar-refractivity contribution in [1.29, 1.82) is 0 Å². The summed E-state index contributed by atoms with van der Waals surface area (Å²) in [6.07, 6.45) is 9.24. The average Bonchev–Trinajstić information content (AvgIpc) is 1.42. The fourth-order valence-electron chi connectivity index (χ4n) is 12.9. The van der Waals surface area contributed by atoms with E-state index in [1.165, 1.54) is 114 Å². The number of nitrogens with one attached hydrogen (secondary N) is 1. The number of halogens is 5. The Bertz CT molecular complexity index is 3440. The summed E-state index contributed by atoms with van der Waals surface area (Å²) in [6, 6.07) is 64.8. The molecule has 5 atom stereocenters. The van der Waals surface area contributed by atoms with Gasteiger partial charge in [-0.1, -0.05) is 288 Å². The molecule has 3 nitrogen and oxygen atoms in total. The van der Waals surface area contributed by atoms with Gasteiger partial charge in [0.25, 0.3) is 0 Å². The molecule has 0 amide bonds. The molecule has 2 unspecified atom stereocenters. The summed E-state index contributed by atoms with van der Waals surface area (Å²) in [5.41, 5.74) is 12.8. The topological polar surface area (TPSA) is 18.5 Å². The van der Waals surface area contributed by atoms with Crippen LogP contribution in [0, 0.1) is 23.3 Å². The predicted octanol–water partition coefficient (Wildman–Crippen LogP) is 25.4. The van der Waals surface area contributed by atoms with E-state index in [0.29, 0.717) is 43.9 Å². The van der Waals surface area contributed by atoms with Crippen LogP contribution in [0.25, 0.3) is 0 Å². The molecule has 10 rings (SSSR count). The van der Waals surface area contributed by atoms with Crippen molar-refractivity contribution in [1.82, 2.24) is 14.4 Å². The molecule has 0 aromatic heterocycles. The van der Waals surface area contributed by atoms with Crippen molar-refractivity contribution >= 4 is 73.0 Å². The van der Waals surface area contributed by atoms with E-state index in [1.807, 2.05) is 24.3 Å². The molecule has 8 aromatic carbocycles. The van der Waals surface area contributed by atoms with Gasteiger partial charge in [-0.05, 0) is 205 Å². The second-order valence-corrected chi connectivity index (χ2v) is 41.9. The van der Waals surface area contributed by atoms with Gasteiger partial charge in [0.2, 0.25) is 0 Å². The van der Waals surface area contributed by atoms with Gasteiger partial charge in [0.15, 0.2) is 0 Å². The van der Waals surface area contributed by atoms with E-state index in [1.54, 1.807) is 48.5 Å². The van der Waals surface area contributed by atoms with Crippen LogP contribution in [0.15, 0.2) is 194 Å². The minimum atomic E-state index is -1.45. The standard InChI is InChI=1S/C40H49F2NP2.C28H42NP.C12H8F2IP.C6H15N/c1-8-9-28-43(45(37-16-12-10-14-33(37)41)38-17-13-11-15-34(38)42)44-35(29-18-22-31(23-19-29)39(2,3)4)26-27-36(44)30-20-24-32(25-21-30)40(5,6)7;1-8-9-20-29-30-25(21-10-14-23(15-11-21)27(2,3)4)18-19-26(30)22-12-16-24(17-13-22)28(5,6)7;13-9-5-1-3-7-11(9)16(15)12-8-4-2-6-10(12)14;1-4-7(5-2)6-3/h10-25,35-36H,8-9,26-28H2,1-7H3;10-17,25-26,29H,8-9,18-20H2,1-7H3;1-8H;4-6H2,1-3H3/t35-,36?,44?;25-,26-;;/m00../s1. The average molecular weight is 1520 g/mol. The first-order valence-electron chi connectivity index (χ1n) is 36.0. The highest BCUT2D eigenvalue weighted by molar-refractivity contribution is 14.2. The van der Waals surface area contributed by atoms with E-state index in [-0.39, 0.29) is 53.0 Å². The van der Waals surface area contributed by atoms with Gasteiger partial charge in [-0.3, -0.25) is 9.53 Å². The highest BCUT2D eigenvalue weighted by Crippen LogP contribution is 2.76. The van der Waals surface area contributed by atoms with Crippen molar-refractivity contribution < 1.29 is 17.6 Å². The first kappa shape index (κ1) is 81.1. The number of rotatable bonds is 20. The van der Waals surface area contributed by atoms with E-state index >= 15 is 8.78 Å². The fraction of sp³-hybridized carbons (Fsp3) is 0.442. The minimum absolute atomic E-state index is 0.0768. The lowest BCUT2D eigenvalue weighted by atomic mass is 9.86. The molecule has 0 radical (unpaired) electrons. The van der Waals surface area contributed by atoms with Crippen molar-refractivity contribution in [3.05, 3.63) is 262 Å². The maximum atomic E-state index is 15.9. The van der Waals surface area contributed by atoms with Gasteiger partial charge in [-0.25, -0.2) is 17.6 Å². The molecular formula is C86H114F4IN3P4. The number of hydrogen-bond acceptors (Lipinski definition) is 3. The lowest BCUT2D eigenvalue weighted by Gasteiger charge is -2.42. The van der Waals surface area contributed by atoms with Crippen molar-refractivity contribution in [2.75, 3.05) is 32.7 Å². The molecule has 2 aliphatic heterocycles. The highest BCUT2D eigenvalue weighted by Gasteiger charge is 2.45. The van der Waals surface area contributed by atoms with Crippen molar-refractivity contribution in [3.63, 3.8) is 0 Å². The van der Waals surface area contributed by atoms with Crippen LogP contribution < -0.4 is 26.3 Å². The molecule has 8 aromatic rings. The summed E-state index contributed by atoms with van der Waals surface area (Å²) in [6.45, 7) is 43.9. The van der Waals surface area contributed by atoms with Crippen LogP contribution >= 0.6 is 51.8 Å². The summed E-state index contributed by atoms with van der Waals surface area (Å²) >= 11 is 2.11. The summed E-state index contributed by atoms with van der Waals surface area (Å²) in [5, 5.41) is 6.41. The summed E-state index contributed by atoms with van der Waals surface area (Å²) in [5.74, 6) is -1.04. The van der Waals surface area contributed by atoms with Crippen LogP contribution in [0.1, 0.15) is 236 Å². The SMILES string of the molecule is CCCCN(P(c1ccccc1F)c1ccccc1F)P1C(c2ccc(C(C)(C)C)cc2)CC[C@H]1c1ccc(C(C)(C)C)cc1.CCCCNP1[C@H](c2ccc(C(C)(C)C)cc2)CC[C@H]1c1ccc(C(C)(C)C)cc1.CCN(CC)CC.Fc1ccccc1P(I)c1ccccc1F. The molecule has 2 fully saturated rings. The molecule has 2 heterocycles. The van der Waals surface area contributed by atoms with E-state index < -0.39 is 21.7 Å². The zero-order chi connectivity index (χ0) is 71.5. The second-order valence-electron chi connectivity index (χ2n) is 30.2. The Balaban J connectivity index is 0.000000217. The van der Waals surface area contributed by atoms with Gasteiger partial charge >= 0.3 is 0 Å². The predicted molar refractivity (Wildman–Crippen MR) is 434 cm³/mol. The Hall–Kier alpha value is -4.19. The van der Waals surface area contributed by atoms with Crippen molar-refractivity contribution in [2.45, 2.75) is 213 Å². The Morgan fingerprint density at radius 1 is 0.388 bits per heavy atom. The maximum Gasteiger partial charge on any atom is 0.132 e. The lowest BCUT2D eigenvalue weighted by molar-refractivity contribution is 0.321. The van der Waals surface area contributed by atoms with E-state index in [2.05, 4.69) is 251 Å². The number of nitrogens with zero attached hydrogens (tertiary/aromatic N) is 2. The van der Waals surface area contributed by atoms with Gasteiger partial charge in [0, 0.05) is 64.0 Å². The molecule has 98 heavy (non-hydrogen) atoms. The molecule has 0 spiro atoms. The molecule has 528 valence electrons. The van der Waals surface area contributed by atoms with E-state index in [4.69, 9.17) is 0 Å². The molecule has 1 N–H and O–H groups in total. The van der Waals surface area contributed by atoms with E-state index in [0.717, 1.165) is 38.8 Å². The monoisotopic (exact) mass is 1520 g/mol. The molecule has 12 heteroatoms. The second kappa shape index (κ2) is 37.8. The maximum absolute atomic E-state index is 15.9. The van der Waals surface area contributed by atoms with Crippen LogP contribution in [0.4, 0.5) is 17.6 Å². The lowest BCUT2D eigenvalue weighted by Crippen LogP contribution is -2.30. The van der Waals surface area contributed by atoms with Crippen LogP contribution in [-0.2, 0) is 21.7 Å². The summed E-state index contributed by atoms with van der Waals surface area (Å²) in [4.78, 5) is 2.38.